The lowest BCUT2D eigenvalue weighted by Gasteiger charge is -2.20. The summed E-state index contributed by atoms with van der Waals surface area (Å²) in [6.07, 6.45) is 8.18. The number of amides is 2. The number of carbonyl (C=O) groups is 2. The predicted octanol–water partition coefficient (Wildman–Crippen LogP) is 2.87. The molecule has 1 aliphatic carbocycles. The van der Waals surface area contributed by atoms with E-state index in [2.05, 4.69) is 22.8 Å². The van der Waals surface area contributed by atoms with E-state index in [1.54, 1.807) is 0 Å². The number of nitrogens with one attached hydrogen (secondary N) is 2. The van der Waals surface area contributed by atoms with Crippen LogP contribution in [-0.4, -0.2) is 11.8 Å². The van der Waals surface area contributed by atoms with Crippen LogP contribution < -0.4 is 10.6 Å². The van der Waals surface area contributed by atoms with E-state index in [4.69, 9.17) is 0 Å². The summed E-state index contributed by atoms with van der Waals surface area (Å²) >= 11 is 0. The number of aryl methyl sites for hydroxylation is 1. The van der Waals surface area contributed by atoms with Crippen molar-refractivity contribution in [1.82, 2.24) is 0 Å². The van der Waals surface area contributed by atoms with E-state index in [0.29, 0.717) is 6.42 Å². The monoisotopic (exact) mass is 270 g/mol. The van der Waals surface area contributed by atoms with Crippen molar-refractivity contribution in [2.24, 2.45) is 5.92 Å². The van der Waals surface area contributed by atoms with E-state index >= 15 is 0 Å². The third-order valence-electron chi connectivity index (χ3n) is 3.91. The first-order chi connectivity index (χ1) is 9.72. The van der Waals surface area contributed by atoms with Gasteiger partial charge in [-0.05, 0) is 49.4 Å². The number of fused-ring (bicyclic) bond motifs is 1. The number of benzene rings is 1. The first kappa shape index (κ1) is 12.9. The van der Waals surface area contributed by atoms with Gasteiger partial charge in [0.2, 0.25) is 11.8 Å². The standard InChI is InChI=1S/C16H18N2O2/c19-15-9-6-12-10-13(7-8-14(12)18-15)17-16(20)11-4-2-1-3-5-11/h1-2,7-8,10-11H,3-6,9H2,(H,17,20)(H,18,19). The van der Waals surface area contributed by atoms with Gasteiger partial charge in [-0.3, -0.25) is 9.59 Å². The maximum Gasteiger partial charge on any atom is 0.227 e. The van der Waals surface area contributed by atoms with Crippen molar-refractivity contribution >= 4 is 23.2 Å². The molecule has 2 aliphatic rings. The van der Waals surface area contributed by atoms with Gasteiger partial charge in [-0.25, -0.2) is 0 Å². The zero-order valence-electron chi connectivity index (χ0n) is 11.3. The van der Waals surface area contributed by atoms with E-state index in [1.807, 2.05) is 18.2 Å². The molecule has 0 saturated heterocycles. The van der Waals surface area contributed by atoms with Crippen LogP contribution in [0.25, 0.3) is 0 Å². The molecular formula is C16H18N2O2. The minimum Gasteiger partial charge on any atom is -0.326 e. The van der Waals surface area contributed by atoms with Crippen LogP contribution in [0.15, 0.2) is 30.4 Å². The number of hydrogen-bond donors (Lipinski definition) is 2. The van der Waals surface area contributed by atoms with E-state index < -0.39 is 0 Å². The van der Waals surface area contributed by atoms with Gasteiger partial charge < -0.3 is 10.6 Å². The first-order valence-corrected chi connectivity index (χ1v) is 7.11. The molecule has 2 amide bonds. The summed E-state index contributed by atoms with van der Waals surface area (Å²) in [5.74, 6) is 0.230. The molecule has 4 heteroatoms. The molecule has 0 bridgehead atoms. The summed E-state index contributed by atoms with van der Waals surface area (Å²) in [5, 5.41) is 5.83. The maximum absolute atomic E-state index is 12.2. The van der Waals surface area contributed by atoms with E-state index in [-0.39, 0.29) is 17.7 Å². The summed E-state index contributed by atoms with van der Waals surface area (Å²) in [6.45, 7) is 0. The number of rotatable bonds is 2. The first-order valence-electron chi connectivity index (χ1n) is 7.11. The summed E-state index contributed by atoms with van der Waals surface area (Å²) in [6, 6.07) is 5.68. The lowest BCUT2D eigenvalue weighted by molar-refractivity contribution is -0.120. The van der Waals surface area contributed by atoms with E-state index in [0.717, 1.165) is 42.6 Å². The van der Waals surface area contributed by atoms with Gasteiger partial charge in [0.1, 0.15) is 0 Å². The number of hydrogen-bond acceptors (Lipinski definition) is 2. The molecule has 104 valence electrons. The number of anilines is 2. The number of allylic oxidation sites excluding steroid dienone is 2. The molecule has 1 aliphatic heterocycles. The molecule has 0 saturated carbocycles. The Hall–Kier alpha value is -2.10. The molecule has 0 fully saturated rings. The maximum atomic E-state index is 12.2. The van der Waals surface area contributed by atoms with Gasteiger partial charge in [0.05, 0.1) is 0 Å². The van der Waals surface area contributed by atoms with Gasteiger partial charge in [0.15, 0.2) is 0 Å². The largest absolute Gasteiger partial charge is 0.326 e. The molecule has 0 spiro atoms. The Kier molecular flexibility index (Phi) is 3.54. The summed E-state index contributed by atoms with van der Waals surface area (Å²) in [4.78, 5) is 23.5. The van der Waals surface area contributed by atoms with Crippen LogP contribution in [0, 0.1) is 5.92 Å². The van der Waals surface area contributed by atoms with E-state index in [9.17, 15) is 9.59 Å². The van der Waals surface area contributed by atoms with Crippen LogP contribution >= 0.6 is 0 Å². The molecular weight excluding hydrogens is 252 g/mol. The minimum atomic E-state index is 0.0586. The Morgan fingerprint density at radius 1 is 1.25 bits per heavy atom. The second-order valence-corrected chi connectivity index (χ2v) is 5.39. The molecule has 4 nitrogen and oxygen atoms in total. The van der Waals surface area contributed by atoms with Crippen molar-refractivity contribution in [3.05, 3.63) is 35.9 Å². The number of carbonyl (C=O) groups excluding carboxylic acids is 2. The van der Waals surface area contributed by atoms with Crippen LogP contribution in [0.1, 0.15) is 31.2 Å². The Bertz CT molecular complexity index is 578. The minimum absolute atomic E-state index is 0.0586. The average Bonchev–Trinajstić information content (AvgIpc) is 2.48. The van der Waals surface area contributed by atoms with Crippen molar-refractivity contribution in [3.63, 3.8) is 0 Å². The zero-order valence-corrected chi connectivity index (χ0v) is 11.3. The highest BCUT2D eigenvalue weighted by Crippen LogP contribution is 2.26. The SMILES string of the molecule is O=C1CCc2cc(NC(=O)C3CC=CCC3)ccc2N1. The molecule has 1 heterocycles. The Morgan fingerprint density at radius 2 is 2.15 bits per heavy atom. The van der Waals surface area contributed by atoms with Crippen molar-refractivity contribution in [3.8, 4) is 0 Å². The molecule has 20 heavy (non-hydrogen) atoms. The third kappa shape index (κ3) is 2.74. The van der Waals surface area contributed by atoms with E-state index in [1.165, 1.54) is 0 Å². The Balaban J connectivity index is 1.70. The fourth-order valence-electron chi connectivity index (χ4n) is 2.74. The molecule has 0 radical (unpaired) electrons. The lowest BCUT2D eigenvalue weighted by atomic mass is 9.93. The second kappa shape index (κ2) is 5.49. The van der Waals surface area contributed by atoms with Gasteiger partial charge in [-0.1, -0.05) is 12.2 Å². The molecule has 2 N–H and O–H groups in total. The van der Waals surface area contributed by atoms with Crippen LogP contribution in [0.2, 0.25) is 0 Å². The molecule has 1 atom stereocenters. The molecule has 1 unspecified atom stereocenters. The molecule has 3 rings (SSSR count). The smallest absolute Gasteiger partial charge is 0.227 e. The highest BCUT2D eigenvalue weighted by Gasteiger charge is 2.20. The lowest BCUT2D eigenvalue weighted by Crippen LogP contribution is -2.24. The second-order valence-electron chi connectivity index (χ2n) is 5.39. The highest BCUT2D eigenvalue weighted by molar-refractivity contribution is 5.96. The van der Waals surface area contributed by atoms with Gasteiger partial charge >= 0.3 is 0 Å². The predicted molar refractivity (Wildman–Crippen MR) is 78.5 cm³/mol. The molecule has 0 aromatic heterocycles. The van der Waals surface area contributed by atoms with Gasteiger partial charge in [-0.2, -0.15) is 0 Å². The fourth-order valence-corrected chi connectivity index (χ4v) is 2.74. The summed E-state index contributed by atoms with van der Waals surface area (Å²) in [5.41, 5.74) is 2.77. The normalized spacial score (nSPS) is 21.0. The van der Waals surface area contributed by atoms with Gasteiger partial charge in [0, 0.05) is 23.7 Å². The average molecular weight is 270 g/mol. The van der Waals surface area contributed by atoms with Crippen LogP contribution in [0.3, 0.4) is 0 Å². The van der Waals surface area contributed by atoms with Crippen molar-refractivity contribution < 1.29 is 9.59 Å². The van der Waals surface area contributed by atoms with Gasteiger partial charge in [-0.15, -0.1) is 0 Å². The summed E-state index contributed by atoms with van der Waals surface area (Å²) in [7, 11) is 0. The third-order valence-corrected chi connectivity index (χ3v) is 3.91. The van der Waals surface area contributed by atoms with Crippen LogP contribution in [0.5, 0.6) is 0 Å². The topological polar surface area (TPSA) is 58.2 Å². The Labute approximate surface area is 118 Å². The van der Waals surface area contributed by atoms with Crippen molar-refractivity contribution in [2.45, 2.75) is 32.1 Å². The highest BCUT2D eigenvalue weighted by atomic mass is 16.2. The molecule has 1 aromatic rings. The fraction of sp³-hybridized carbons (Fsp3) is 0.375. The Morgan fingerprint density at radius 3 is 2.95 bits per heavy atom. The molecule has 1 aromatic carbocycles. The summed E-state index contributed by atoms with van der Waals surface area (Å²) < 4.78 is 0. The van der Waals surface area contributed by atoms with Crippen molar-refractivity contribution in [1.29, 1.82) is 0 Å². The quantitative estimate of drug-likeness (QED) is 0.812. The van der Waals surface area contributed by atoms with Crippen LogP contribution in [-0.2, 0) is 16.0 Å². The van der Waals surface area contributed by atoms with Gasteiger partial charge in [0.25, 0.3) is 0 Å². The van der Waals surface area contributed by atoms with Crippen molar-refractivity contribution in [2.75, 3.05) is 10.6 Å². The zero-order chi connectivity index (χ0) is 13.9. The van der Waals surface area contributed by atoms with Crippen LogP contribution in [0.4, 0.5) is 11.4 Å².